The summed E-state index contributed by atoms with van der Waals surface area (Å²) in [6, 6.07) is 21.6. The number of hydrogen-bond donors (Lipinski definition) is 0. The maximum absolute atomic E-state index is 8.82. The second kappa shape index (κ2) is 7.94. The highest BCUT2D eigenvalue weighted by Crippen LogP contribution is 2.23. The monoisotopic (exact) mass is 304 g/mol. The maximum atomic E-state index is 8.82. The van der Waals surface area contributed by atoms with Crippen molar-refractivity contribution in [1.29, 1.82) is 5.26 Å². The molecule has 0 bridgehead atoms. The second-order valence-electron chi connectivity index (χ2n) is 6.56. The first-order valence-electron chi connectivity index (χ1n) is 8.54. The van der Waals surface area contributed by atoms with Gasteiger partial charge in [0, 0.05) is 6.54 Å². The van der Waals surface area contributed by atoms with Gasteiger partial charge in [0.1, 0.15) is 0 Å². The molecule has 0 N–H and O–H groups in total. The predicted octanol–water partition coefficient (Wildman–Crippen LogP) is 4.21. The van der Waals surface area contributed by atoms with Crippen molar-refractivity contribution in [2.45, 2.75) is 32.2 Å². The Morgan fingerprint density at radius 2 is 1.61 bits per heavy atom. The van der Waals surface area contributed by atoms with Crippen molar-refractivity contribution >= 4 is 0 Å². The van der Waals surface area contributed by atoms with Crippen LogP contribution in [0.3, 0.4) is 0 Å². The van der Waals surface area contributed by atoms with Gasteiger partial charge in [-0.25, -0.2) is 0 Å². The summed E-state index contributed by atoms with van der Waals surface area (Å²) < 4.78 is 0. The molecular weight excluding hydrogens is 280 g/mol. The fourth-order valence-corrected chi connectivity index (χ4v) is 3.48. The van der Waals surface area contributed by atoms with Crippen molar-refractivity contribution in [2.24, 2.45) is 5.92 Å². The molecule has 0 radical (unpaired) electrons. The van der Waals surface area contributed by atoms with Crippen molar-refractivity contribution in [3.05, 3.63) is 71.3 Å². The molecule has 2 aromatic rings. The SMILES string of the molecule is N#CCc1cccc(CN2CCC(Cc3ccccc3)CC2)c1. The zero-order valence-electron chi connectivity index (χ0n) is 13.6. The molecule has 1 aliphatic heterocycles. The average molecular weight is 304 g/mol. The fourth-order valence-electron chi connectivity index (χ4n) is 3.48. The van der Waals surface area contributed by atoms with Gasteiger partial charge in [0.25, 0.3) is 0 Å². The van der Waals surface area contributed by atoms with E-state index in [4.69, 9.17) is 5.26 Å². The molecule has 0 amide bonds. The van der Waals surface area contributed by atoms with E-state index < -0.39 is 0 Å². The Bertz CT molecular complexity index is 649. The van der Waals surface area contributed by atoms with Gasteiger partial charge in [-0.05, 0) is 55.0 Å². The molecule has 118 valence electrons. The van der Waals surface area contributed by atoms with Crippen LogP contribution >= 0.6 is 0 Å². The van der Waals surface area contributed by atoms with Crippen molar-refractivity contribution in [2.75, 3.05) is 13.1 Å². The third-order valence-corrected chi connectivity index (χ3v) is 4.76. The number of piperidine rings is 1. The number of rotatable bonds is 5. The minimum Gasteiger partial charge on any atom is -0.299 e. The molecule has 2 heteroatoms. The molecule has 0 aliphatic carbocycles. The van der Waals surface area contributed by atoms with E-state index in [0.717, 1.165) is 18.0 Å². The van der Waals surface area contributed by atoms with E-state index in [-0.39, 0.29) is 0 Å². The van der Waals surface area contributed by atoms with E-state index in [0.29, 0.717) is 6.42 Å². The molecule has 1 aliphatic rings. The molecule has 23 heavy (non-hydrogen) atoms. The van der Waals surface area contributed by atoms with Gasteiger partial charge in [0.15, 0.2) is 0 Å². The number of benzene rings is 2. The Hall–Kier alpha value is -2.11. The summed E-state index contributed by atoms with van der Waals surface area (Å²) in [6.07, 6.45) is 4.29. The summed E-state index contributed by atoms with van der Waals surface area (Å²) in [6.45, 7) is 3.37. The normalized spacial score (nSPS) is 16.1. The smallest absolute Gasteiger partial charge is 0.0669 e. The quantitative estimate of drug-likeness (QED) is 0.827. The molecule has 1 heterocycles. The van der Waals surface area contributed by atoms with Crippen LogP contribution < -0.4 is 0 Å². The predicted molar refractivity (Wildman–Crippen MR) is 93.9 cm³/mol. The summed E-state index contributed by atoms with van der Waals surface area (Å²) in [7, 11) is 0. The number of hydrogen-bond acceptors (Lipinski definition) is 2. The Morgan fingerprint density at radius 1 is 0.913 bits per heavy atom. The van der Waals surface area contributed by atoms with Gasteiger partial charge in [-0.1, -0.05) is 54.6 Å². The molecule has 0 saturated carbocycles. The summed E-state index contributed by atoms with van der Waals surface area (Å²) in [5.41, 5.74) is 3.93. The minimum absolute atomic E-state index is 0.507. The molecule has 0 spiro atoms. The topological polar surface area (TPSA) is 27.0 Å². The number of nitrogens with zero attached hydrogens (tertiary/aromatic N) is 2. The number of nitriles is 1. The zero-order chi connectivity index (χ0) is 15.9. The Labute approximate surface area is 139 Å². The summed E-state index contributed by atoms with van der Waals surface area (Å²) >= 11 is 0. The van der Waals surface area contributed by atoms with Crippen LogP contribution in [-0.2, 0) is 19.4 Å². The third-order valence-electron chi connectivity index (χ3n) is 4.76. The van der Waals surface area contributed by atoms with Gasteiger partial charge in [0.05, 0.1) is 12.5 Å². The average Bonchev–Trinajstić information content (AvgIpc) is 2.58. The lowest BCUT2D eigenvalue weighted by Gasteiger charge is -2.32. The van der Waals surface area contributed by atoms with Crippen LogP contribution in [-0.4, -0.2) is 18.0 Å². The van der Waals surface area contributed by atoms with Crippen LogP contribution in [0.1, 0.15) is 29.5 Å². The highest BCUT2D eigenvalue weighted by atomic mass is 15.1. The minimum atomic E-state index is 0.507. The molecule has 0 aromatic heterocycles. The molecule has 0 unspecified atom stereocenters. The van der Waals surface area contributed by atoms with Crippen LogP contribution in [0.25, 0.3) is 0 Å². The van der Waals surface area contributed by atoms with E-state index >= 15 is 0 Å². The Kier molecular flexibility index (Phi) is 5.45. The van der Waals surface area contributed by atoms with Gasteiger partial charge in [0.2, 0.25) is 0 Å². The summed E-state index contributed by atoms with van der Waals surface area (Å²) in [5.74, 6) is 0.818. The van der Waals surface area contributed by atoms with E-state index in [1.807, 2.05) is 6.07 Å². The van der Waals surface area contributed by atoms with Crippen LogP contribution in [0.4, 0.5) is 0 Å². The first-order valence-corrected chi connectivity index (χ1v) is 8.54. The third kappa shape index (κ3) is 4.68. The van der Waals surface area contributed by atoms with Gasteiger partial charge >= 0.3 is 0 Å². The van der Waals surface area contributed by atoms with Gasteiger partial charge in [-0.3, -0.25) is 4.90 Å². The lowest BCUT2D eigenvalue weighted by Crippen LogP contribution is -2.33. The van der Waals surface area contributed by atoms with E-state index in [1.165, 1.54) is 43.5 Å². The molecule has 1 saturated heterocycles. The van der Waals surface area contributed by atoms with Gasteiger partial charge in [-0.2, -0.15) is 5.26 Å². The molecule has 2 nitrogen and oxygen atoms in total. The second-order valence-corrected chi connectivity index (χ2v) is 6.56. The lowest BCUT2D eigenvalue weighted by molar-refractivity contribution is 0.177. The first kappa shape index (κ1) is 15.8. The number of likely N-dealkylation sites (tertiary alicyclic amines) is 1. The Morgan fingerprint density at radius 3 is 2.35 bits per heavy atom. The van der Waals surface area contributed by atoms with Crippen LogP contribution in [0, 0.1) is 17.2 Å². The highest BCUT2D eigenvalue weighted by Gasteiger charge is 2.19. The van der Waals surface area contributed by atoms with Crippen LogP contribution in [0.15, 0.2) is 54.6 Å². The molecule has 2 aromatic carbocycles. The maximum Gasteiger partial charge on any atom is 0.0669 e. The van der Waals surface area contributed by atoms with Crippen molar-refractivity contribution in [1.82, 2.24) is 4.90 Å². The largest absolute Gasteiger partial charge is 0.299 e. The van der Waals surface area contributed by atoms with Gasteiger partial charge in [-0.15, -0.1) is 0 Å². The molecule has 1 fully saturated rings. The highest BCUT2D eigenvalue weighted by molar-refractivity contribution is 5.25. The fraction of sp³-hybridized carbons (Fsp3) is 0.381. The summed E-state index contributed by atoms with van der Waals surface area (Å²) in [4.78, 5) is 2.55. The van der Waals surface area contributed by atoms with Crippen LogP contribution in [0.2, 0.25) is 0 Å². The molecule has 0 atom stereocenters. The van der Waals surface area contributed by atoms with Crippen molar-refractivity contribution < 1.29 is 0 Å². The Balaban J connectivity index is 1.49. The van der Waals surface area contributed by atoms with Crippen molar-refractivity contribution in [3.63, 3.8) is 0 Å². The molecular formula is C21H24N2. The van der Waals surface area contributed by atoms with Crippen LogP contribution in [0.5, 0.6) is 0 Å². The summed E-state index contributed by atoms with van der Waals surface area (Å²) in [5, 5.41) is 8.82. The van der Waals surface area contributed by atoms with E-state index in [1.54, 1.807) is 0 Å². The molecule has 3 rings (SSSR count). The van der Waals surface area contributed by atoms with Gasteiger partial charge < -0.3 is 0 Å². The van der Waals surface area contributed by atoms with E-state index in [2.05, 4.69) is 59.5 Å². The van der Waals surface area contributed by atoms with E-state index in [9.17, 15) is 0 Å². The lowest BCUT2D eigenvalue weighted by atomic mass is 9.90. The van der Waals surface area contributed by atoms with Crippen molar-refractivity contribution in [3.8, 4) is 6.07 Å². The first-order chi connectivity index (χ1) is 11.3. The zero-order valence-corrected chi connectivity index (χ0v) is 13.6. The standard InChI is InChI=1S/C21H24N2/c22-12-9-19-7-4-8-21(16-19)17-23-13-10-20(11-14-23)15-18-5-2-1-3-6-18/h1-8,16,20H,9-11,13-15,17H2.